The Morgan fingerprint density at radius 2 is 1.59 bits per heavy atom. The molecule has 4 rings (SSSR count). The number of rotatable bonds is 5. The Morgan fingerprint density at radius 1 is 0.969 bits per heavy atom. The molecule has 164 valence electrons. The lowest BCUT2D eigenvalue weighted by molar-refractivity contribution is -0.117. The van der Waals surface area contributed by atoms with Gasteiger partial charge in [0.2, 0.25) is 11.9 Å². The van der Waals surface area contributed by atoms with E-state index in [2.05, 4.69) is 20.6 Å². The number of aryl methyl sites for hydroxylation is 3. The molecule has 0 saturated carbocycles. The van der Waals surface area contributed by atoms with Crippen molar-refractivity contribution in [2.45, 2.75) is 33.3 Å². The number of aromatic nitrogens is 2. The zero-order valence-corrected chi connectivity index (χ0v) is 18.3. The fourth-order valence-electron chi connectivity index (χ4n) is 3.57. The number of anilines is 4. The third kappa shape index (κ3) is 5.21. The SMILES string of the molecule is Cc1ccc(N2CC(OC(=O)Nc3ccc(Nc4nc(C)cc(C)n4)cc3)CC2=O)cc1. The normalized spacial score (nSPS) is 15.5. The fourth-order valence-corrected chi connectivity index (χ4v) is 3.57. The number of hydrogen-bond acceptors (Lipinski definition) is 6. The maximum atomic E-state index is 12.3. The van der Waals surface area contributed by atoms with Crippen LogP contribution in [0.25, 0.3) is 0 Å². The van der Waals surface area contributed by atoms with Crippen molar-refractivity contribution < 1.29 is 14.3 Å². The molecule has 1 unspecified atom stereocenters. The number of benzene rings is 2. The molecule has 0 radical (unpaired) electrons. The van der Waals surface area contributed by atoms with E-state index in [4.69, 9.17) is 4.74 Å². The molecule has 1 atom stereocenters. The van der Waals surface area contributed by atoms with E-state index in [1.807, 2.05) is 63.2 Å². The van der Waals surface area contributed by atoms with E-state index in [-0.39, 0.29) is 12.3 Å². The molecule has 0 spiro atoms. The number of hydrogen-bond donors (Lipinski definition) is 2. The summed E-state index contributed by atoms with van der Waals surface area (Å²) in [5, 5.41) is 5.85. The highest BCUT2D eigenvalue weighted by Gasteiger charge is 2.33. The van der Waals surface area contributed by atoms with Gasteiger partial charge < -0.3 is 15.0 Å². The molecule has 2 amide bonds. The molecular formula is C24H25N5O3. The van der Waals surface area contributed by atoms with E-state index >= 15 is 0 Å². The average Bonchev–Trinajstić information content (AvgIpc) is 3.09. The number of carbonyl (C=O) groups is 2. The van der Waals surface area contributed by atoms with Crippen LogP contribution in [0.15, 0.2) is 54.6 Å². The maximum absolute atomic E-state index is 12.3. The van der Waals surface area contributed by atoms with Crippen molar-refractivity contribution in [2.75, 3.05) is 22.1 Å². The van der Waals surface area contributed by atoms with Gasteiger partial charge in [0.25, 0.3) is 0 Å². The van der Waals surface area contributed by atoms with E-state index in [1.165, 1.54) is 0 Å². The van der Waals surface area contributed by atoms with Crippen LogP contribution in [0.3, 0.4) is 0 Å². The van der Waals surface area contributed by atoms with Crippen LogP contribution < -0.4 is 15.5 Å². The molecule has 3 aromatic rings. The van der Waals surface area contributed by atoms with Gasteiger partial charge >= 0.3 is 6.09 Å². The monoisotopic (exact) mass is 431 g/mol. The van der Waals surface area contributed by atoms with Crippen molar-refractivity contribution in [1.29, 1.82) is 0 Å². The highest BCUT2D eigenvalue weighted by molar-refractivity contribution is 5.96. The number of amides is 2. The summed E-state index contributed by atoms with van der Waals surface area (Å²) in [6, 6.07) is 16.7. The lowest BCUT2D eigenvalue weighted by atomic mass is 10.2. The van der Waals surface area contributed by atoms with Crippen molar-refractivity contribution in [2.24, 2.45) is 0 Å². The minimum atomic E-state index is -0.591. The Morgan fingerprint density at radius 3 is 2.25 bits per heavy atom. The zero-order chi connectivity index (χ0) is 22.7. The van der Waals surface area contributed by atoms with E-state index in [0.29, 0.717) is 18.2 Å². The topological polar surface area (TPSA) is 96.5 Å². The van der Waals surface area contributed by atoms with Gasteiger partial charge in [-0.05, 0) is 63.2 Å². The maximum Gasteiger partial charge on any atom is 0.411 e. The van der Waals surface area contributed by atoms with Gasteiger partial charge in [-0.2, -0.15) is 0 Å². The van der Waals surface area contributed by atoms with Gasteiger partial charge in [0.15, 0.2) is 0 Å². The smallest absolute Gasteiger partial charge is 0.411 e. The summed E-state index contributed by atoms with van der Waals surface area (Å²) in [5.41, 5.74) is 5.07. The first-order chi connectivity index (χ1) is 15.4. The van der Waals surface area contributed by atoms with Crippen molar-refractivity contribution >= 4 is 35.0 Å². The predicted molar refractivity (Wildman–Crippen MR) is 123 cm³/mol. The summed E-state index contributed by atoms with van der Waals surface area (Å²) in [6.45, 7) is 6.16. The molecule has 0 bridgehead atoms. The molecule has 1 aliphatic rings. The average molecular weight is 431 g/mol. The lowest BCUT2D eigenvalue weighted by Crippen LogP contribution is -2.27. The lowest BCUT2D eigenvalue weighted by Gasteiger charge is -2.17. The second kappa shape index (κ2) is 9.05. The highest BCUT2D eigenvalue weighted by Crippen LogP contribution is 2.24. The predicted octanol–water partition coefficient (Wildman–Crippen LogP) is 4.50. The molecule has 8 nitrogen and oxygen atoms in total. The van der Waals surface area contributed by atoms with Crippen LogP contribution in [-0.2, 0) is 9.53 Å². The first-order valence-electron chi connectivity index (χ1n) is 10.4. The summed E-state index contributed by atoms with van der Waals surface area (Å²) < 4.78 is 5.47. The van der Waals surface area contributed by atoms with Gasteiger partial charge in [0, 0.05) is 28.5 Å². The van der Waals surface area contributed by atoms with E-state index in [1.54, 1.807) is 17.0 Å². The number of nitrogens with zero attached hydrogens (tertiary/aromatic N) is 3. The Bertz CT molecular complexity index is 1110. The first-order valence-corrected chi connectivity index (χ1v) is 10.4. The van der Waals surface area contributed by atoms with Crippen molar-refractivity contribution in [3.63, 3.8) is 0 Å². The van der Waals surface area contributed by atoms with Crippen LogP contribution in [0.1, 0.15) is 23.4 Å². The Kier molecular flexibility index (Phi) is 6.02. The third-order valence-corrected chi connectivity index (χ3v) is 5.08. The molecule has 1 aliphatic heterocycles. The summed E-state index contributed by atoms with van der Waals surface area (Å²) in [7, 11) is 0. The minimum absolute atomic E-state index is 0.0596. The van der Waals surface area contributed by atoms with Gasteiger partial charge in [-0.3, -0.25) is 10.1 Å². The minimum Gasteiger partial charge on any atom is -0.444 e. The second-order valence-electron chi connectivity index (χ2n) is 7.87. The molecule has 1 fully saturated rings. The molecule has 2 aromatic carbocycles. The van der Waals surface area contributed by atoms with E-state index in [0.717, 1.165) is 28.3 Å². The number of carbonyl (C=O) groups excluding carboxylic acids is 2. The van der Waals surface area contributed by atoms with Crippen LogP contribution in [-0.4, -0.2) is 34.6 Å². The van der Waals surface area contributed by atoms with E-state index < -0.39 is 12.2 Å². The van der Waals surface area contributed by atoms with E-state index in [9.17, 15) is 9.59 Å². The van der Waals surface area contributed by atoms with Gasteiger partial charge in [-0.15, -0.1) is 0 Å². The van der Waals surface area contributed by atoms with Crippen molar-refractivity contribution in [1.82, 2.24) is 9.97 Å². The van der Waals surface area contributed by atoms with Crippen molar-refractivity contribution in [3.8, 4) is 0 Å². The van der Waals surface area contributed by atoms with Gasteiger partial charge in [-0.25, -0.2) is 14.8 Å². The molecule has 8 heteroatoms. The van der Waals surface area contributed by atoms with Gasteiger partial charge in [-0.1, -0.05) is 17.7 Å². The van der Waals surface area contributed by atoms with Gasteiger partial charge in [0.1, 0.15) is 6.10 Å². The molecule has 0 aliphatic carbocycles. The molecular weight excluding hydrogens is 406 g/mol. The number of nitrogens with one attached hydrogen (secondary N) is 2. The highest BCUT2D eigenvalue weighted by atomic mass is 16.6. The molecule has 32 heavy (non-hydrogen) atoms. The Labute approximate surface area is 186 Å². The Balaban J connectivity index is 1.31. The first kappa shape index (κ1) is 21.3. The Hall–Kier alpha value is -3.94. The summed E-state index contributed by atoms with van der Waals surface area (Å²) in [6.07, 6.45) is -0.918. The summed E-state index contributed by atoms with van der Waals surface area (Å²) in [5.74, 6) is 0.460. The summed E-state index contributed by atoms with van der Waals surface area (Å²) in [4.78, 5) is 35.0. The summed E-state index contributed by atoms with van der Waals surface area (Å²) >= 11 is 0. The third-order valence-electron chi connectivity index (χ3n) is 5.08. The zero-order valence-electron chi connectivity index (χ0n) is 18.3. The van der Waals surface area contributed by atoms with Crippen LogP contribution in [0.5, 0.6) is 0 Å². The fraction of sp³-hybridized carbons (Fsp3) is 0.250. The van der Waals surface area contributed by atoms with Gasteiger partial charge in [0.05, 0.1) is 13.0 Å². The van der Waals surface area contributed by atoms with Crippen LogP contribution in [0, 0.1) is 20.8 Å². The molecule has 1 aromatic heterocycles. The molecule has 2 heterocycles. The standard InChI is InChI=1S/C24H25N5O3/c1-15-4-10-20(11-5-15)29-14-21(13-22(29)30)32-24(31)28-19-8-6-18(7-9-19)27-23-25-16(2)12-17(3)26-23/h4-12,21H,13-14H2,1-3H3,(H,28,31)(H,25,26,27). The quantitative estimate of drug-likeness (QED) is 0.617. The van der Waals surface area contributed by atoms with Crippen LogP contribution >= 0.6 is 0 Å². The number of ether oxygens (including phenoxy) is 1. The van der Waals surface area contributed by atoms with Crippen molar-refractivity contribution in [3.05, 3.63) is 71.5 Å². The second-order valence-corrected chi connectivity index (χ2v) is 7.87. The molecule has 2 N–H and O–H groups in total. The van der Waals surface area contributed by atoms with Crippen LogP contribution in [0.2, 0.25) is 0 Å². The molecule has 1 saturated heterocycles. The largest absolute Gasteiger partial charge is 0.444 e. The van der Waals surface area contributed by atoms with Crippen LogP contribution in [0.4, 0.5) is 27.8 Å².